The molecule has 0 radical (unpaired) electrons. The van der Waals surface area contributed by atoms with Gasteiger partial charge in [-0.05, 0) is 18.9 Å². The minimum absolute atomic E-state index is 0.0621. The second-order valence-corrected chi connectivity index (χ2v) is 3.28. The van der Waals surface area contributed by atoms with Crippen molar-refractivity contribution in [1.82, 2.24) is 10.2 Å². The maximum Gasteiger partial charge on any atom is 0.242 e. The van der Waals surface area contributed by atoms with Crippen LogP contribution in [0.1, 0.15) is 12.8 Å². The molecule has 4 nitrogen and oxygen atoms in total. The predicted octanol–water partition coefficient (Wildman–Crippen LogP) is -0.0119. The summed E-state index contributed by atoms with van der Waals surface area (Å²) < 4.78 is 0. The van der Waals surface area contributed by atoms with Gasteiger partial charge in [0.05, 0.1) is 0 Å². The Morgan fingerprint density at radius 3 is 3.31 bits per heavy atom. The zero-order valence-corrected chi connectivity index (χ0v) is 7.29. The van der Waals surface area contributed by atoms with E-state index in [1.165, 1.54) is 0 Å². The second-order valence-electron chi connectivity index (χ2n) is 3.28. The van der Waals surface area contributed by atoms with Gasteiger partial charge in [-0.1, -0.05) is 0 Å². The van der Waals surface area contributed by atoms with E-state index in [-0.39, 0.29) is 11.9 Å². The Morgan fingerprint density at radius 2 is 2.54 bits per heavy atom. The largest absolute Gasteiger partial charge is 0.353 e. The number of nitriles is 1. The fraction of sp³-hybridized carbons (Fsp3) is 0.556. The topological polar surface area (TPSA) is 56.1 Å². The predicted molar refractivity (Wildman–Crippen MR) is 46.4 cm³/mol. The molecule has 0 aromatic rings. The summed E-state index contributed by atoms with van der Waals surface area (Å²) in [4.78, 5) is 13.3. The normalized spacial score (nSPS) is 27.0. The molecule has 1 unspecified atom stereocenters. The number of fused-ring (bicyclic) bond motifs is 1. The Hall–Kier alpha value is -1.50. The number of hydrogen-bond acceptors (Lipinski definition) is 3. The average Bonchev–Trinajstić information content (AvgIpc) is 2.18. The lowest BCUT2D eigenvalue weighted by molar-refractivity contribution is -0.128. The molecule has 0 bridgehead atoms. The molecule has 1 atom stereocenters. The molecule has 2 heterocycles. The molecule has 1 saturated heterocycles. The van der Waals surface area contributed by atoms with E-state index in [0.717, 1.165) is 19.4 Å². The van der Waals surface area contributed by atoms with Gasteiger partial charge in [0.1, 0.15) is 17.8 Å². The van der Waals surface area contributed by atoms with Gasteiger partial charge in [-0.15, -0.1) is 0 Å². The highest BCUT2D eigenvalue weighted by Gasteiger charge is 2.32. The van der Waals surface area contributed by atoms with E-state index >= 15 is 0 Å². The van der Waals surface area contributed by atoms with E-state index in [9.17, 15) is 4.79 Å². The maximum absolute atomic E-state index is 11.4. The van der Waals surface area contributed by atoms with Gasteiger partial charge in [-0.25, -0.2) is 0 Å². The molecule has 2 aliphatic heterocycles. The monoisotopic (exact) mass is 177 g/mol. The van der Waals surface area contributed by atoms with Crippen molar-refractivity contribution in [2.45, 2.75) is 18.9 Å². The third-order valence-corrected chi connectivity index (χ3v) is 2.53. The van der Waals surface area contributed by atoms with E-state index in [1.54, 1.807) is 0 Å². The van der Waals surface area contributed by atoms with Crippen LogP contribution in [-0.4, -0.2) is 29.9 Å². The number of rotatable bonds is 0. The fourth-order valence-corrected chi connectivity index (χ4v) is 1.90. The van der Waals surface area contributed by atoms with Crippen LogP contribution in [0.5, 0.6) is 0 Å². The van der Waals surface area contributed by atoms with Gasteiger partial charge >= 0.3 is 0 Å². The molecular formula is C9H11N3O. The van der Waals surface area contributed by atoms with Gasteiger partial charge in [0.2, 0.25) is 5.91 Å². The highest BCUT2D eigenvalue weighted by molar-refractivity contribution is 5.83. The van der Waals surface area contributed by atoms with Crippen molar-refractivity contribution in [3.05, 3.63) is 11.8 Å². The van der Waals surface area contributed by atoms with E-state index in [2.05, 4.69) is 11.4 Å². The van der Waals surface area contributed by atoms with Crippen molar-refractivity contribution >= 4 is 5.91 Å². The number of hydrogen-bond donors (Lipinski definition) is 1. The standard InChI is InChI=1S/C9H11N3O/c10-6-7-2-1-3-8-9(13)11-4-5-12(7)8/h2,8H,1,3-5H2,(H,11,13). The van der Waals surface area contributed by atoms with Crippen LogP contribution >= 0.6 is 0 Å². The molecule has 0 aliphatic carbocycles. The molecule has 1 amide bonds. The number of nitrogens with one attached hydrogen (secondary N) is 1. The third kappa shape index (κ3) is 1.26. The van der Waals surface area contributed by atoms with Crippen molar-refractivity contribution in [3.63, 3.8) is 0 Å². The van der Waals surface area contributed by atoms with Crippen LogP contribution in [0.15, 0.2) is 11.8 Å². The summed E-state index contributed by atoms with van der Waals surface area (Å²) in [5.41, 5.74) is 0.658. The zero-order chi connectivity index (χ0) is 9.26. The van der Waals surface area contributed by atoms with Crippen LogP contribution in [0.3, 0.4) is 0 Å². The summed E-state index contributed by atoms with van der Waals surface area (Å²) >= 11 is 0. The minimum Gasteiger partial charge on any atom is -0.353 e. The summed E-state index contributed by atoms with van der Waals surface area (Å²) in [6.07, 6.45) is 3.57. The van der Waals surface area contributed by atoms with Crippen molar-refractivity contribution in [3.8, 4) is 6.07 Å². The summed E-state index contributed by atoms with van der Waals surface area (Å²) in [5, 5.41) is 11.6. The molecule has 4 heteroatoms. The molecule has 2 aliphatic rings. The zero-order valence-electron chi connectivity index (χ0n) is 7.29. The van der Waals surface area contributed by atoms with Crippen LogP contribution in [0.4, 0.5) is 0 Å². The molecule has 0 saturated carbocycles. The van der Waals surface area contributed by atoms with Crippen molar-refractivity contribution in [2.24, 2.45) is 0 Å². The Bertz CT molecular complexity index is 302. The Labute approximate surface area is 76.8 Å². The van der Waals surface area contributed by atoms with Crippen molar-refractivity contribution in [1.29, 1.82) is 5.26 Å². The number of amides is 1. The van der Waals surface area contributed by atoms with Gasteiger partial charge in [-0.2, -0.15) is 5.26 Å². The van der Waals surface area contributed by atoms with Crippen LogP contribution in [0.25, 0.3) is 0 Å². The summed E-state index contributed by atoms with van der Waals surface area (Å²) in [7, 11) is 0. The quantitative estimate of drug-likeness (QED) is 0.566. The van der Waals surface area contributed by atoms with E-state index in [0.29, 0.717) is 12.2 Å². The first-order valence-electron chi connectivity index (χ1n) is 4.47. The third-order valence-electron chi connectivity index (χ3n) is 2.53. The smallest absolute Gasteiger partial charge is 0.242 e. The Kier molecular flexibility index (Phi) is 1.93. The molecule has 0 aromatic carbocycles. The summed E-state index contributed by atoms with van der Waals surface area (Å²) in [6, 6.07) is 2.03. The average molecular weight is 177 g/mol. The second kappa shape index (κ2) is 3.09. The molecule has 2 rings (SSSR count). The van der Waals surface area contributed by atoms with Crippen LogP contribution in [0, 0.1) is 11.3 Å². The highest BCUT2D eigenvalue weighted by atomic mass is 16.2. The lowest BCUT2D eigenvalue weighted by atomic mass is 10.0. The fourth-order valence-electron chi connectivity index (χ4n) is 1.90. The number of nitrogens with zero attached hydrogens (tertiary/aromatic N) is 2. The van der Waals surface area contributed by atoms with E-state index < -0.39 is 0 Å². The summed E-state index contributed by atoms with van der Waals surface area (Å²) in [5.74, 6) is 0.0621. The van der Waals surface area contributed by atoms with Gasteiger partial charge in [0.25, 0.3) is 0 Å². The van der Waals surface area contributed by atoms with Crippen LogP contribution in [0.2, 0.25) is 0 Å². The van der Waals surface area contributed by atoms with Crippen molar-refractivity contribution < 1.29 is 4.79 Å². The SMILES string of the molecule is N#CC1=CCCC2C(=O)NCCN12. The number of allylic oxidation sites excluding steroid dienone is 2. The number of carbonyl (C=O) groups excluding carboxylic acids is 1. The van der Waals surface area contributed by atoms with E-state index in [1.807, 2.05) is 11.0 Å². The Morgan fingerprint density at radius 1 is 1.69 bits per heavy atom. The molecule has 0 spiro atoms. The van der Waals surface area contributed by atoms with Crippen molar-refractivity contribution in [2.75, 3.05) is 13.1 Å². The first-order valence-corrected chi connectivity index (χ1v) is 4.47. The van der Waals surface area contributed by atoms with Crippen LogP contribution < -0.4 is 5.32 Å². The molecule has 0 aromatic heterocycles. The molecule has 68 valence electrons. The molecular weight excluding hydrogens is 166 g/mol. The first-order chi connectivity index (χ1) is 6.33. The van der Waals surface area contributed by atoms with Gasteiger partial charge < -0.3 is 10.2 Å². The van der Waals surface area contributed by atoms with E-state index in [4.69, 9.17) is 5.26 Å². The summed E-state index contributed by atoms with van der Waals surface area (Å²) in [6.45, 7) is 1.41. The van der Waals surface area contributed by atoms with Gasteiger partial charge in [0, 0.05) is 13.1 Å². The molecule has 1 fully saturated rings. The molecule has 13 heavy (non-hydrogen) atoms. The Balaban J connectivity index is 2.25. The van der Waals surface area contributed by atoms with Crippen LogP contribution in [-0.2, 0) is 4.79 Å². The maximum atomic E-state index is 11.4. The van der Waals surface area contributed by atoms with Gasteiger partial charge in [0.15, 0.2) is 0 Å². The van der Waals surface area contributed by atoms with Gasteiger partial charge in [-0.3, -0.25) is 4.79 Å². The number of piperazine rings is 1. The first kappa shape index (κ1) is 8.11. The highest BCUT2D eigenvalue weighted by Crippen LogP contribution is 2.22. The minimum atomic E-state index is -0.103. The lowest BCUT2D eigenvalue weighted by Gasteiger charge is -2.38. The molecule has 1 N–H and O–H groups in total. The lowest BCUT2D eigenvalue weighted by Crippen LogP contribution is -2.55. The number of carbonyl (C=O) groups is 1.